The number of ether oxygens (including phenoxy) is 1. The third kappa shape index (κ3) is 5.01. The Morgan fingerprint density at radius 3 is 1.98 bits per heavy atom. The largest absolute Gasteiger partial charge is 0.497 e. The fraction of sp³-hybridized carbons (Fsp3) is 0.0938. The van der Waals surface area contributed by atoms with Gasteiger partial charge in [0.15, 0.2) is 0 Å². The number of hydrogen-bond acceptors (Lipinski definition) is 9. The van der Waals surface area contributed by atoms with E-state index in [1.807, 2.05) is 0 Å². The predicted molar refractivity (Wildman–Crippen MR) is 159 cm³/mol. The van der Waals surface area contributed by atoms with Crippen molar-refractivity contribution in [3.8, 4) is 5.75 Å². The number of sulfonamides is 1. The Hall–Kier alpha value is -5.62. The maximum absolute atomic E-state index is 14.6. The van der Waals surface area contributed by atoms with Gasteiger partial charge in [-0.3, -0.25) is 14.4 Å². The van der Waals surface area contributed by atoms with E-state index in [0.717, 1.165) is 6.07 Å². The van der Waals surface area contributed by atoms with Gasteiger partial charge in [-0.05, 0) is 54.6 Å². The van der Waals surface area contributed by atoms with Gasteiger partial charge < -0.3 is 9.57 Å². The number of anilines is 1. The van der Waals surface area contributed by atoms with Crippen LogP contribution >= 0.6 is 0 Å². The number of methoxy groups -OCH3 is 1. The maximum Gasteiger partial charge on any atom is 0.363 e. The van der Waals surface area contributed by atoms with E-state index in [-0.39, 0.29) is 29.7 Å². The number of fused-ring (bicyclic) bond motifs is 2. The van der Waals surface area contributed by atoms with Crippen molar-refractivity contribution in [2.24, 2.45) is 0 Å². The van der Waals surface area contributed by atoms with Crippen LogP contribution in [0, 0.1) is 0 Å². The molecule has 1 fully saturated rings. The summed E-state index contributed by atoms with van der Waals surface area (Å²) in [4.78, 5) is 60.5. The van der Waals surface area contributed by atoms with E-state index in [1.165, 1.54) is 49.6 Å². The first-order valence-corrected chi connectivity index (χ1v) is 14.8. The second-order valence-electron chi connectivity index (χ2n) is 9.78. The maximum atomic E-state index is 14.6. The average molecular weight is 610 g/mol. The SMILES string of the molecule is COc1ccc(N(C(=O)c2c3ccccc3nc3ccccc23)S(=O)(=O)c2cccc(C(=O)ON3C(=O)CCC3=O)c2)cc1. The molecule has 1 aromatic heterocycles. The number of aromatic nitrogens is 1. The minimum Gasteiger partial charge on any atom is -0.497 e. The van der Waals surface area contributed by atoms with Crippen LogP contribution in [0.25, 0.3) is 21.8 Å². The van der Waals surface area contributed by atoms with Crippen molar-refractivity contribution in [1.82, 2.24) is 10.0 Å². The molecule has 0 atom stereocenters. The number of pyridine rings is 1. The first kappa shape index (κ1) is 28.5. The van der Waals surface area contributed by atoms with Crippen molar-refractivity contribution in [2.45, 2.75) is 17.7 Å². The minimum absolute atomic E-state index is 0.0158. The lowest BCUT2D eigenvalue weighted by Gasteiger charge is -2.24. The lowest BCUT2D eigenvalue weighted by Crippen LogP contribution is -2.37. The van der Waals surface area contributed by atoms with Crippen LogP contribution in [0.3, 0.4) is 0 Å². The van der Waals surface area contributed by atoms with Gasteiger partial charge >= 0.3 is 5.97 Å². The Kier molecular flexibility index (Phi) is 7.27. The van der Waals surface area contributed by atoms with Crippen LogP contribution < -0.4 is 9.04 Å². The van der Waals surface area contributed by atoms with Crippen LogP contribution in [0.2, 0.25) is 0 Å². The zero-order valence-corrected chi connectivity index (χ0v) is 24.0. The highest BCUT2D eigenvalue weighted by atomic mass is 32.2. The van der Waals surface area contributed by atoms with E-state index in [2.05, 4.69) is 4.98 Å². The molecule has 3 amide bonds. The number of amides is 3. The zero-order chi connectivity index (χ0) is 31.0. The molecule has 1 saturated heterocycles. The topological polar surface area (TPSA) is 140 Å². The number of hydrogen-bond donors (Lipinski definition) is 0. The molecule has 1 aliphatic rings. The third-order valence-corrected chi connectivity index (χ3v) is 8.79. The number of nitrogens with zero attached hydrogens (tertiary/aromatic N) is 3. The molecule has 0 spiro atoms. The van der Waals surface area contributed by atoms with Crippen LogP contribution in [0.4, 0.5) is 5.69 Å². The smallest absolute Gasteiger partial charge is 0.363 e. The molecule has 4 aromatic carbocycles. The van der Waals surface area contributed by atoms with Crippen molar-refractivity contribution in [1.29, 1.82) is 0 Å². The highest BCUT2D eigenvalue weighted by Gasteiger charge is 2.36. The second kappa shape index (κ2) is 11.2. The van der Waals surface area contributed by atoms with E-state index in [0.29, 0.717) is 36.9 Å². The molecule has 0 N–H and O–H groups in total. The Labute approximate surface area is 251 Å². The first-order valence-electron chi connectivity index (χ1n) is 13.4. The molecule has 6 rings (SSSR count). The van der Waals surface area contributed by atoms with E-state index in [1.54, 1.807) is 48.5 Å². The number of carbonyl (C=O) groups excluding carboxylic acids is 4. The molecule has 5 aromatic rings. The normalized spacial score (nSPS) is 13.3. The summed E-state index contributed by atoms with van der Waals surface area (Å²) in [6.45, 7) is 0. The highest BCUT2D eigenvalue weighted by Crippen LogP contribution is 2.33. The summed E-state index contributed by atoms with van der Waals surface area (Å²) in [6, 6.07) is 24.6. The van der Waals surface area contributed by atoms with Gasteiger partial charge in [-0.15, -0.1) is 5.06 Å². The van der Waals surface area contributed by atoms with Crippen LogP contribution in [0.1, 0.15) is 33.6 Å². The minimum atomic E-state index is -4.70. The molecule has 1 aliphatic heterocycles. The summed E-state index contributed by atoms with van der Waals surface area (Å²) >= 11 is 0. The van der Waals surface area contributed by atoms with Crippen LogP contribution in [0.15, 0.2) is 102 Å². The van der Waals surface area contributed by atoms with Gasteiger partial charge in [0.25, 0.3) is 27.7 Å². The number of benzene rings is 4. The molecule has 0 radical (unpaired) electrons. The molecule has 2 heterocycles. The van der Waals surface area contributed by atoms with E-state index in [9.17, 15) is 27.6 Å². The molecule has 11 nitrogen and oxygen atoms in total. The van der Waals surface area contributed by atoms with Crippen molar-refractivity contribution >= 4 is 61.2 Å². The Morgan fingerprint density at radius 2 is 1.39 bits per heavy atom. The summed E-state index contributed by atoms with van der Waals surface area (Å²) in [5.41, 5.74) is 0.879. The lowest BCUT2D eigenvalue weighted by molar-refractivity contribution is -0.172. The van der Waals surface area contributed by atoms with E-state index >= 15 is 0 Å². The summed E-state index contributed by atoms with van der Waals surface area (Å²) in [5.74, 6) is -2.89. The van der Waals surface area contributed by atoms with Gasteiger partial charge in [-0.25, -0.2) is 18.2 Å². The first-order chi connectivity index (χ1) is 21.2. The molecule has 0 bridgehead atoms. The molecule has 0 aliphatic carbocycles. The fourth-order valence-electron chi connectivity index (χ4n) is 4.94. The lowest BCUT2D eigenvalue weighted by atomic mass is 10.0. The van der Waals surface area contributed by atoms with Crippen molar-refractivity contribution in [2.75, 3.05) is 11.4 Å². The van der Waals surface area contributed by atoms with Gasteiger partial charge in [0.2, 0.25) is 0 Å². The van der Waals surface area contributed by atoms with Crippen molar-refractivity contribution in [3.63, 3.8) is 0 Å². The Balaban J connectivity index is 1.49. The molecule has 44 heavy (non-hydrogen) atoms. The average Bonchev–Trinajstić information content (AvgIpc) is 3.36. The van der Waals surface area contributed by atoms with Crippen molar-refractivity contribution in [3.05, 3.63) is 108 Å². The molecule has 0 saturated carbocycles. The fourth-order valence-corrected chi connectivity index (χ4v) is 6.38. The summed E-state index contributed by atoms with van der Waals surface area (Å²) in [7, 11) is -3.24. The molecule has 12 heteroatoms. The third-order valence-electron chi connectivity index (χ3n) is 7.08. The highest BCUT2D eigenvalue weighted by molar-refractivity contribution is 7.93. The number of carbonyl (C=O) groups is 4. The molecular weight excluding hydrogens is 586 g/mol. The van der Waals surface area contributed by atoms with Gasteiger partial charge in [0.05, 0.1) is 39.9 Å². The van der Waals surface area contributed by atoms with Gasteiger partial charge in [-0.2, -0.15) is 4.31 Å². The summed E-state index contributed by atoms with van der Waals surface area (Å²) in [6.07, 6.45) is -0.199. The number of hydroxylamine groups is 2. The van der Waals surface area contributed by atoms with Crippen LogP contribution in [-0.4, -0.2) is 49.3 Å². The van der Waals surface area contributed by atoms with Crippen LogP contribution in [-0.2, 0) is 24.4 Å². The zero-order valence-electron chi connectivity index (χ0n) is 23.2. The standard InChI is InChI=1S/C32H23N3O8S/c1-42-22-15-13-21(14-16-22)35(31(38)30-24-9-2-4-11-26(24)33-27-12-5-3-10-25(27)30)44(40,41)23-8-6-7-20(19-23)32(39)43-34-28(36)17-18-29(34)37/h2-16,19H,17-18H2,1H3. The monoisotopic (exact) mass is 609 g/mol. The van der Waals surface area contributed by atoms with Gasteiger partial charge in [0.1, 0.15) is 5.75 Å². The van der Waals surface area contributed by atoms with Gasteiger partial charge in [0, 0.05) is 23.6 Å². The molecule has 220 valence electrons. The number of para-hydroxylation sites is 2. The number of rotatable bonds is 7. The van der Waals surface area contributed by atoms with Crippen molar-refractivity contribution < 1.29 is 37.2 Å². The molecule has 0 unspecified atom stereocenters. The summed E-state index contributed by atoms with van der Waals surface area (Å²) < 4.78 is 34.7. The molecular formula is C32H23N3O8S. The van der Waals surface area contributed by atoms with Gasteiger partial charge in [-0.1, -0.05) is 42.5 Å². The second-order valence-corrected chi connectivity index (χ2v) is 11.6. The summed E-state index contributed by atoms with van der Waals surface area (Å²) in [5, 5.41) is 1.26. The predicted octanol–water partition coefficient (Wildman–Crippen LogP) is 4.65. The van der Waals surface area contributed by atoms with Crippen LogP contribution in [0.5, 0.6) is 5.75 Å². The quantitative estimate of drug-likeness (QED) is 0.190. The van der Waals surface area contributed by atoms with E-state index in [4.69, 9.17) is 9.57 Å². The van der Waals surface area contributed by atoms with E-state index < -0.39 is 38.6 Å². The Bertz CT molecular complexity index is 2020. The Morgan fingerprint density at radius 1 is 0.795 bits per heavy atom. The number of imide groups is 1.